The fourth-order valence-electron chi connectivity index (χ4n) is 1.21. The van der Waals surface area contributed by atoms with Crippen molar-refractivity contribution in [2.24, 2.45) is 0 Å². The SMILES string of the molecule is C#CC(CC)NC(C)CC(C)O. The smallest absolute Gasteiger partial charge is 0.0686 e. The Morgan fingerprint density at radius 2 is 2.08 bits per heavy atom. The number of hydrogen-bond acceptors (Lipinski definition) is 2. The Kier molecular flexibility index (Phi) is 5.79. The Hall–Kier alpha value is -0.520. The average molecular weight is 169 g/mol. The molecule has 3 atom stereocenters. The summed E-state index contributed by atoms with van der Waals surface area (Å²) in [6.07, 6.45) is 6.71. The van der Waals surface area contributed by atoms with Crippen molar-refractivity contribution in [1.82, 2.24) is 5.32 Å². The van der Waals surface area contributed by atoms with Crippen LogP contribution in [0.5, 0.6) is 0 Å². The van der Waals surface area contributed by atoms with Crippen LogP contribution >= 0.6 is 0 Å². The lowest BCUT2D eigenvalue weighted by atomic mass is 10.1. The molecule has 12 heavy (non-hydrogen) atoms. The van der Waals surface area contributed by atoms with Gasteiger partial charge in [-0.3, -0.25) is 0 Å². The molecule has 0 spiro atoms. The number of aliphatic hydroxyl groups is 1. The molecule has 0 radical (unpaired) electrons. The van der Waals surface area contributed by atoms with Crippen LogP contribution in [0.3, 0.4) is 0 Å². The Balaban J connectivity index is 3.68. The van der Waals surface area contributed by atoms with E-state index in [9.17, 15) is 0 Å². The van der Waals surface area contributed by atoms with Crippen molar-refractivity contribution < 1.29 is 5.11 Å². The second kappa shape index (κ2) is 6.05. The second-order valence-corrected chi connectivity index (χ2v) is 3.28. The quantitative estimate of drug-likeness (QED) is 0.605. The molecular weight excluding hydrogens is 150 g/mol. The van der Waals surface area contributed by atoms with E-state index in [1.54, 1.807) is 6.92 Å². The summed E-state index contributed by atoms with van der Waals surface area (Å²) in [6, 6.07) is 0.421. The first-order chi connectivity index (χ1) is 5.60. The summed E-state index contributed by atoms with van der Waals surface area (Å²) in [6.45, 7) is 5.87. The molecule has 70 valence electrons. The van der Waals surface area contributed by atoms with Crippen LogP contribution < -0.4 is 5.32 Å². The highest BCUT2D eigenvalue weighted by Gasteiger charge is 2.09. The van der Waals surface area contributed by atoms with E-state index < -0.39 is 0 Å². The number of hydrogen-bond donors (Lipinski definition) is 2. The van der Waals surface area contributed by atoms with Crippen LogP contribution in [0.1, 0.15) is 33.6 Å². The molecule has 0 aromatic rings. The third kappa shape index (κ3) is 5.17. The molecule has 0 saturated heterocycles. The topological polar surface area (TPSA) is 32.3 Å². The molecule has 0 aliphatic rings. The molecule has 0 aliphatic carbocycles. The normalized spacial score (nSPS) is 17.9. The van der Waals surface area contributed by atoms with Gasteiger partial charge in [0.25, 0.3) is 0 Å². The summed E-state index contributed by atoms with van der Waals surface area (Å²) in [5.41, 5.74) is 0. The molecule has 0 aromatic carbocycles. The first-order valence-corrected chi connectivity index (χ1v) is 4.50. The van der Waals surface area contributed by atoms with Crippen LogP contribution in [0.4, 0.5) is 0 Å². The standard InChI is InChI=1S/C10H19NO/c1-5-10(6-2)11-8(3)7-9(4)12/h1,8-12H,6-7H2,2-4H3. The molecule has 0 amide bonds. The van der Waals surface area contributed by atoms with E-state index in [1.165, 1.54) is 0 Å². The number of rotatable bonds is 5. The first-order valence-electron chi connectivity index (χ1n) is 4.50. The number of aliphatic hydroxyl groups excluding tert-OH is 1. The summed E-state index contributed by atoms with van der Waals surface area (Å²) in [5.74, 6) is 2.66. The van der Waals surface area contributed by atoms with Crippen LogP contribution in [0.2, 0.25) is 0 Å². The molecule has 0 aromatic heterocycles. The van der Waals surface area contributed by atoms with Crippen molar-refractivity contribution in [2.45, 2.75) is 51.8 Å². The molecule has 0 aliphatic heterocycles. The molecule has 2 N–H and O–H groups in total. The van der Waals surface area contributed by atoms with Gasteiger partial charge in [-0.15, -0.1) is 6.42 Å². The van der Waals surface area contributed by atoms with Crippen LogP contribution in [0.15, 0.2) is 0 Å². The van der Waals surface area contributed by atoms with Gasteiger partial charge in [0.2, 0.25) is 0 Å². The van der Waals surface area contributed by atoms with Gasteiger partial charge in [0.05, 0.1) is 12.1 Å². The van der Waals surface area contributed by atoms with Gasteiger partial charge in [-0.05, 0) is 26.7 Å². The molecule has 2 heteroatoms. The lowest BCUT2D eigenvalue weighted by Crippen LogP contribution is -2.36. The van der Waals surface area contributed by atoms with Crippen molar-refractivity contribution >= 4 is 0 Å². The van der Waals surface area contributed by atoms with Crippen molar-refractivity contribution in [3.63, 3.8) is 0 Å². The molecule has 0 heterocycles. The summed E-state index contributed by atoms with van der Waals surface area (Å²) in [7, 11) is 0. The Bertz CT molecular complexity index is 148. The molecule has 0 bridgehead atoms. The first kappa shape index (κ1) is 11.5. The lowest BCUT2D eigenvalue weighted by molar-refractivity contribution is 0.169. The van der Waals surface area contributed by atoms with E-state index in [-0.39, 0.29) is 18.2 Å². The Labute approximate surface area is 75.4 Å². The largest absolute Gasteiger partial charge is 0.393 e. The monoisotopic (exact) mass is 169 g/mol. The van der Waals surface area contributed by atoms with Gasteiger partial charge in [-0.25, -0.2) is 0 Å². The molecule has 0 saturated carbocycles. The summed E-state index contributed by atoms with van der Waals surface area (Å²) >= 11 is 0. The van der Waals surface area contributed by atoms with Crippen LogP contribution in [0, 0.1) is 12.3 Å². The van der Waals surface area contributed by atoms with Gasteiger partial charge < -0.3 is 10.4 Å². The summed E-state index contributed by atoms with van der Waals surface area (Å²) < 4.78 is 0. The van der Waals surface area contributed by atoms with E-state index in [4.69, 9.17) is 11.5 Å². The molecule has 3 unspecified atom stereocenters. The van der Waals surface area contributed by atoms with Crippen LogP contribution in [0.25, 0.3) is 0 Å². The van der Waals surface area contributed by atoms with Crippen molar-refractivity contribution in [3.05, 3.63) is 0 Å². The van der Waals surface area contributed by atoms with E-state index in [1.807, 2.05) is 13.8 Å². The van der Waals surface area contributed by atoms with Gasteiger partial charge in [0.15, 0.2) is 0 Å². The molecule has 2 nitrogen and oxygen atoms in total. The van der Waals surface area contributed by atoms with E-state index >= 15 is 0 Å². The van der Waals surface area contributed by atoms with Crippen molar-refractivity contribution in [1.29, 1.82) is 0 Å². The van der Waals surface area contributed by atoms with Gasteiger partial charge in [0, 0.05) is 6.04 Å². The predicted octanol–water partition coefficient (Wildman–Crippen LogP) is 1.15. The minimum atomic E-state index is -0.261. The maximum absolute atomic E-state index is 9.09. The van der Waals surface area contributed by atoms with Gasteiger partial charge >= 0.3 is 0 Å². The molecule has 0 rings (SSSR count). The van der Waals surface area contributed by atoms with E-state index in [0.29, 0.717) is 0 Å². The maximum atomic E-state index is 9.09. The van der Waals surface area contributed by atoms with Crippen molar-refractivity contribution in [3.8, 4) is 12.3 Å². The van der Waals surface area contributed by atoms with Gasteiger partial charge in [-0.1, -0.05) is 12.8 Å². The fourth-order valence-corrected chi connectivity index (χ4v) is 1.21. The zero-order valence-corrected chi connectivity index (χ0v) is 8.17. The average Bonchev–Trinajstić information content (AvgIpc) is 1.98. The Morgan fingerprint density at radius 1 is 1.50 bits per heavy atom. The van der Waals surface area contributed by atoms with Gasteiger partial charge in [-0.2, -0.15) is 0 Å². The van der Waals surface area contributed by atoms with Crippen LogP contribution in [-0.4, -0.2) is 23.3 Å². The zero-order chi connectivity index (χ0) is 9.56. The minimum Gasteiger partial charge on any atom is -0.393 e. The third-order valence-corrected chi connectivity index (χ3v) is 1.79. The van der Waals surface area contributed by atoms with Gasteiger partial charge in [0.1, 0.15) is 0 Å². The summed E-state index contributed by atoms with van der Waals surface area (Å²) in [5, 5.41) is 12.3. The molecular formula is C10H19NO. The number of nitrogens with one attached hydrogen (secondary N) is 1. The maximum Gasteiger partial charge on any atom is 0.0686 e. The summed E-state index contributed by atoms with van der Waals surface area (Å²) in [4.78, 5) is 0. The van der Waals surface area contributed by atoms with E-state index in [2.05, 4.69) is 11.2 Å². The lowest BCUT2D eigenvalue weighted by Gasteiger charge is -2.19. The predicted molar refractivity (Wildman–Crippen MR) is 51.8 cm³/mol. The second-order valence-electron chi connectivity index (χ2n) is 3.28. The van der Waals surface area contributed by atoms with E-state index in [0.717, 1.165) is 12.8 Å². The zero-order valence-electron chi connectivity index (χ0n) is 8.17. The van der Waals surface area contributed by atoms with Crippen LogP contribution in [-0.2, 0) is 0 Å². The molecule has 0 fully saturated rings. The van der Waals surface area contributed by atoms with Crippen molar-refractivity contribution in [2.75, 3.05) is 0 Å². The minimum absolute atomic E-state index is 0.138. The highest BCUT2D eigenvalue weighted by molar-refractivity contribution is 4.98. The highest BCUT2D eigenvalue weighted by Crippen LogP contribution is 1.99. The third-order valence-electron chi connectivity index (χ3n) is 1.79. The fraction of sp³-hybridized carbons (Fsp3) is 0.800. The number of terminal acetylenes is 1. The highest BCUT2D eigenvalue weighted by atomic mass is 16.3. The Morgan fingerprint density at radius 3 is 2.42 bits per heavy atom.